The van der Waals surface area contributed by atoms with Gasteiger partial charge in [0.05, 0.1) is 6.42 Å². The smallest absolute Gasteiger partial charge is 0.380 e. The van der Waals surface area contributed by atoms with E-state index in [1.807, 2.05) is 0 Å². The fourth-order valence-corrected chi connectivity index (χ4v) is 3.56. The highest BCUT2D eigenvalue weighted by molar-refractivity contribution is 5.39. The second-order valence-electron chi connectivity index (χ2n) is 9.73. The monoisotopic (exact) mass is 572 g/mol. The van der Waals surface area contributed by atoms with Gasteiger partial charge in [-0.1, -0.05) is 75.4 Å². The van der Waals surface area contributed by atoms with E-state index in [2.05, 4.69) is 0 Å². The van der Waals surface area contributed by atoms with Gasteiger partial charge in [-0.05, 0) is 22.1 Å². The topological polar surface area (TPSA) is 20.2 Å². The first-order valence-corrected chi connectivity index (χ1v) is 10.6. The van der Waals surface area contributed by atoms with Crippen LogP contribution in [0.25, 0.3) is 0 Å². The molecule has 0 saturated heterocycles. The highest BCUT2D eigenvalue weighted by Gasteiger charge is 2.90. The van der Waals surface area contributed by atoms with Crippen molar-refractivity contribution in [2.75, 3.05) is 0 Å². The van der Waals surface area contributed by atoms with E-state index in [1.54, 1.807) is 20.8 Å². The SMILES string of the molecule is CC(C)(C)c1ccc(C(O)(CC(F)(F)C(F)(F)C(F)(F)C(F)(F)C(F)(F)C(F)(F)F)c2ccccc2)cc1. The molecule has 0 aliphatic rings. The Morgan fingerprint density at radius 1 is 0.500 bits per heavy atom. The molecular formula is C24H21F13O. The summed E-state index contributed by atoms with van der Waals surface area (Å²) in [4.78, 5) is 0. The fourth-order valence-electron chi connectivity index (χ4n) is 3.56. The van der Waals surface area contributed by atoms with E-state index in [0.29, 0.717) is 5.56 Å². The van der Waals surface area contributed by atoms with E-state index in [-0.39, 0.29) is 0 Å². The first-order chi connectivity index (χ1) is 16.8. The number of hydrogen-bond donors (Lipinski definition) is 1. The summed E-state index contributed by atoms with van der Waals surface area (Å²) in [6.45, 7) is 5.16. The van der Waals surface area contributed by atoms with Crippen molar-refractivity contribution in [1.29, 1.82) is 0 Å². The van der Waals surface area contributed by atoms with Crippen molar-refractivity contribution < 1.29 is 62.2 Å². The molecule has 0 radical (unpaired) electrons. The summed E-state index contributed by atoms with van der Waals surface area (Å²) >= 11 is 0. The number of benzene rings is 2. The van der Waals surface area contributed by atoms with Crippen molar-refractivity contribution in [2.45, 2.75) is 74.0 Å². The van der Waals surface area contributed by atoms with Gasteiger partial charge in [-0.2, -0.15) is 57.1 Å². The number of halogens is 13. The predicted molar refractivity (Wildman–Crippen MR) is 110 cm³/mol. The van der Waals surface area contributed by atoms with Crippen LogP contribution in [-0.4, -0.2) is 40.9 Å². The van der Waals surface area contributed by atoms with Crippen LogP contribution in [0.15, 0.2) is 54.6 Å². The molecule has 1 atom stereocenters. The summed E-state index contributed by atoms with van der Waals surface area (Å²) < 4.78 is 177. The molecule has 0 amide bonds. The maximum absolute atomic E-state index is 14.8. The highest BCUT2D eigenvalue weighted by atomic mass is 19.4. The molecule has 2 aromatic carbocycles. The Bertz CT molecular complexity index is 1100. The number of aliphatic hydroxyl groups is 1. The van der Waals surface area contributed by atoms with E-state index in [4.69, 9.17) is 0 Å². The Labute approximate surface area is 208 Å². The lowest BCUT2D eigenvalue weighted by Crippen LogP contribution is -2.70. The van der Waals surface area contributed by atoms with Crippen molar-refractivity contribution in [2.24, 2.45) is 0 Å². The lowest BCUT2D eigenvalue weighted by molar-refractivity contribution is -0.441. The summed E-state index contributed by atoms with van der Waals surface area (Å²) in [5, 5.41) is 11.1. The maximum Gasteiger partial charge on any atom is 0.460 e. The Hall–Kier alpha value is -2.51. The van der Waals surface area contributed by atoms with Gasteiger partial charge in [-0.25, -0.2) is 0 Å². The Kier molecular flexibility index (Phi) is 7.76. The third kappa shape index (κ3) is 4.95. The average Bonchev–Trinajstić information content (AvgIpc) is 2.77. The molecule has 0 heterocycles. The largest absolute Gasteiger partial charge is 0.460 e. The average molecular weight is 572 g/mol. The molecule has 1 nitrogen and oxygen atoms in total. The number of rotatable bonds is 8. The van der Waals surface area contributed by atoms with Crippen LogP contribution in [0.5, 0.6) is 0 Å². The Morgan fingerprint density at radius 2 is 0.868 bits per heavy atom. The second-order valence-corrected chi connectivity index (χ2v) is 9.73. The minimum atomic E-state index is -8.01. The lowest BCUT2D eigenvalue weighted by atomic mass is 9.77. The van der Waals surface area contributed by atoms with E-state index < -0.39 is 64.4 Å². The van der Waals surface area contributed by atoms with E-state index in [0.717, 1.165) is 36.4 Å². The van der Waals surface area contributed by atoms with Crippen molar-refractivity contribution in [3.8, 4) is 0 Å². The first-order valence-electron chi connectivity index (χ1n) is 10.6. The second kappa shape index (κ2) is 9.30. The number of hydrogen-bond acceptors (Lipinski definition) is 1. The molecule has 0 aromatic heterocycles. The Morgan fingerprint density at radius 3 is 1.26 bits per heavy atom. The van der Waals surface area contributed by atoms with Crippen LogP contribution in [-0.2, 0) is 11.0 Å². The zero-order chi connectivity index (χ0) is 29.8. The summed E-state index contributed by atoms with van der Waals surface area (Å²) in [5.41, 5.74) is -4.55. The van der Waals surface area contributed by atoms with Gasteiger partial charge < -0.3 is 5.11 Å². The van der Waals surface area contributed by atoms with Crippen LogP contribution in [0.4, 0.5) is 57.1 Å². The standard InChI is InChI=1S/C24H21F13O/c1-17(2,3)14-9-11-16(12-10-14)18(38,15-7-5-4-6-8-15)13-19(25,26)20(27,28)21(29,30)22(31,32)23(33,34)24(35,36)37/h4-12,38H,13H2,1-3H3. The zero-order valence-corrected chi connectivity index (χ0v) is 19.8. The lowest BCUT2D eigenvalue weighted by Gasteiger charge is -2.42. The molecule has 0 fully saturated rings. The van der Waals surface area contributed by atoms with Gasteiger partial charge in [0.15, 0.2) is 0 Å². The molecule has 2 rings (SSSR count). The van der Waals surface area contributed by atoms with Crippen LogP contribution >= 0.6 is 0 Å². The molecule has 0 bridgehead atoms. The summed E-state index contributed by atoms with van der Waals surface area (Å²) in [6, 6.07) is 9.79. The van der Waals surface area contributed by atoms with Crippen LogP contribution in [0.3, 0.4) is 0 Å². The van der Waals surface area contributed by atoms with Crippen molar-refractivity contribution in [3.05, 3.63) is 71.3 Å². The first kappa shape index (κ1) is 31.7. The zero-order valence-electron chi connectivity index (χ0n) is 19.8. The molecule has 0 aliphatic heterocycles. The molecule has 214 valence electrons. The number of alkyl halides is 13. The van der Waals surface area contributed by atoms with E-state index in [9.17, 15) is 62.2 Å². The fraction of sp³-hybridized carbons (Fsp3) is 0.500. The quantitative estimate of drug-likeness (QED) is 0.316. The molecule has 0 aliphatic carbocycles. The molecule has 0 spiro atoms. The van der Waals surface area contributed by atoms with Crippen LogP contribution in [0, 0.1) is 0 Å². The molecule has 1 unspecified atom stereocenters. The third-order valence-corrected chi connectivity index (χ3v) is 5.96. The van der Waals surface area contributed by atoms with Crippen molar-refractivity contribution in [3.63, 3.8) is 0 Å². The van der Waals surface area contributed by atoms with Gasteiger partial charge in [0, 0.05) is 0 Å². The van der Waals surface area contributed by atoms with Gasteiger partial charge in [0.25, 0.3) is 0 Å². The summed E-state index contributed by atoms with van der Waals surface area (Å²) in [5.74, 6) is -37.7. The van der Waals surface area contributed by atoms with Gasteiger partial charge in [-0.3, -0.25) is 0 Å². The maximum atomic E-state index is 14.8. The van der Waals surface area contributed by atoms with Crippen molar-refractivity contribution in [1.82, 2.24) is 0 Å². The van der Waals surface area contributed by atoms with Gasteiger partial charge in [0.1, 0.15) is 5.60 Å². The van der Waals surface area contributed by atoms with Gasteiger partial charge >= 0.3 is 35.8 Å². The molecular weight excluding hydrogens is 551 g/mol. The highest BCUT2D eigenvalue weighted by Crippen LogP contribution is 2.61. The summed E-state index contributed by atoms with van der Waals surface area (Å²) in [7, 11) is 0. The molecule has 14 heteroatoms. The molecule has 1 N–H and O–H groups in total. The van der Waals surface area contributed by atoms with Gasteiger partial charge in [0.2, 0.25) is 0 Å². The minimum absolute atomic E-state index is 0.536. The third-order valence-electron chi connectivity index (χ3n) is 5.96. The van der Waals surface area contributed by atoms with Crippen LogP contribution in [0.2, 0.25) is 0 Å². The van der Waals surface area contributed by atoms with Crippen LogP contribution < -0.4 is 0 Å². The molecule has 0 saturated carbocycles. The van der Waals surface area contributed by atoms with E-state index in [1.165, 1.54) is 18.2 Å². The van der Waals surface area contributed by atoms with E-state index >= 15 is 0 Å². The minimum Gasteiger partial charge on any atom is -0.380 e. The molecule has 2 aromatic rings. The normalized spacial score (nSPS) is 16.3. The van der Waals surface area contributed by atoms with Gasteiger partial charge in [-0.15, -0.1) is 0 Å². The molecule has 38 heavy (non-hydrogen) atoms. The Balaban J connectivity index is 2.68. The van der Waals surface area contributed by atoms with Crippen molar-refractivity contribution >= 4 is 0 Å². The predicted octanol–water partition coefficient (Wildman–Crippen LogP) is 8.35. The van der Waals surface area contributed by atoms with Crippen LogP contribution in [0.1, 0.15) is 43.9 Å². The summed E-state index contributed by atoms with van der Waals surface area (Å²) in [6.07, 6.45) is -10.3.